The lowest BCUT2D eigenvalue weighted by Gasteiger charge is -2.08. The number of carbonyl (C=O) groups excluding carboxylic acids is 1. The van der Waals surface area contributed by atoms with E-state index in [2.05, 4.69) is 29.1 Å². The number of rotatable bonds is 5. The van der Waals surface area contributed by atoms with Crippen molar-refractivity contribution in [1.29, 1.82) is 0 Å². The molecule has 0 atom stereocenters. The number of anilines is 1. The molecule has 2 heterocycles. The third-order valence-corrected chi connectivity index (χ3v) is 3.68. The molecule has 2 aromatic heterocycles. The van der Waals surface area contributed by atoms with Crippen LogP contribution in [-0.4, -0.2) is 22.4 Å². The summed E-state index contributed by atoms with van der Waals surface area (Å²) >= 11 is 1.53. The van der Waals surface area contributed by atoms with Crippen molar-refractivity contribution in [3.05, 3.63) is 29.3 Å². The maximum Gasteiger partial charge on any atom is 0.256 e. The Bertz CT molecular complexity index is 581. The minimum atomic E-state index is -0.221. The summed E-state index contributed by atoms with van der Waals surface area (Å²) < 4.78 is 0. The number of aromatic nitrogens is 2. The van der Waals surface area contributed by atoms with Crippen molar-refractivity contribution in [3.63, 3.8) is 0 Å². The Hall–Kier alpha value is -1.95. The van der Waals surface area contributed by atoms with Crippen molar-refractivity contribution < 1.29 is 4.79 Å². The molecule has 3 N–H and O–H groups in total. The molecule has 0 spiro atoms. The van der Waals surface area contributed by atoms with Gasteiger partial charge in [0.1, 0.15) is 5.82 Å². The van der Waals surface area contributed by atoms with Gasteiger partial charge < -0.3 is 11.1 Å². The molecule has 2 rings (SSSR count). The van der Waals surface area contributed by atoms with Gasteiger partial charge >= 0.3 is 0 Å². The summed E-state index contributed by atoms with van der Waals surface area (Å²) in [5.74, 6) is 1.09. The molecule has 0 bridgehead atoms. The Labute approximate surface area is 122 Å². The van der Waals surface area contributed by atoms with Crippen LogP contribution < -0.4 is 11.1 Å². The Morgan fingerprint density at radius 1 is 1.50 bits per heavy atom. The van der Waals surface area contributed by atoms with Crippen molar-refractivity contribution in [2.24, 2.45) is 5.92 Å². The monoisotopic (exact) mass is 290 g/mol. The molecular weight excluding hydrogens is 272 g/mol. The second kappa shape index (κ2) is 6.47. The van der Waals surface area contributed by atoms with Gasteiger partial charge in [-0.15, -0.1) is 11.3 Å². The minimum absolute atomic E-state index is 0.213. The molecule has 0 saturated heterocycles. The molecule has 5 nitrogen and oxygen atoms in total. The molecular formula is C14H18N4OS. The van der Waals surface area contributed by atoms with E-state index in [0.717, 1.165) is 11.3 Å². The number of nitrogen functional groups attached to an aromatic ring is 1. The van der Waals surface area contributed by atoms with E-state index in [1.807, 2.05) is 17.5 Å². The number of hydrogen-bond donors (Lipinski definition) is 2. The van der Waals surface area contributed by atoms with E-state index in [1.165, 1.54) is 17.5 Å². The van der Waals surface area contributed by atoms with Gasteiger partial charge in [-0.05, 0) is 23.8 Å². The highest BCUT2D eigenvalue weighted by atomic mass is 32.1. The molecule has 106 valence electrons. The maximum atomic E-state index is 12.0. The van der Waals surface area contributed by atoms with Gasteiger partial charge in [0.25, 0.3) is 5.91 Å². The molecule has 0 aromatic carbocycles. The van der Waals surface area contributed by atoms with Crippen molar-refractivity contribution in [1.82, 2.24) is 15.3 Å². The van der Waals surface area contributed by atoms with Gasteiger partial charge in [0.05, 0.1) is 10.4 Å². The lowest BCUT2D eigenvalue weighted by atomic mass is 10.1. The average molecular weight is 290 g/mol. The zero-order valence-electron chi connectivity index (χ0n) is 11.6. The summed E-state index contributed by atoms with van der Waals surface area (Å²) in [6.07, 6.45) is 2.42. The van der Waals surface area contributed by atoms with Crippen LogP contribution in [0.1, 0.15) is 30.6 Å². The second-order valence-electron chi connectivity index (χ2n) is 4.91. The first kappa shape index (κ1) is 14.5. The fraction of sp³-hybridized carbons (Fsp3) is 0.357. The average Bonchev–Trinajstić information content (AvgIpc) is 2.91. The minimum Gasteiger partial charge on any atom is -0.383 e. The molecule has 0 fully saturated rings. The first-order chi connectivity index (χ1) is 9.58. The standard InChI is InChI=1S/C14H18N4OS/c1-9(2)5-6-16-14(19)10-8-17-13(18-12(10)15)11-4-3-7-20-11/h3-4,7-9H,5-6H2,1-2H3,(H,16,19)(H2,15,17,18). The van der Waals surface area contributed by atoms with Crippen LogP contribution in [0, 0.1) is 5.92 Å². The van der Waals surface area contributed by atoms with Gasteiger partial charge in [-0.3, -0.25) is 4.79 Å². The van der Waals surface area contributed by atoms with Crippen molar-refractivity contribution in [2.45, 2.75) is 20.3 Å². The number of nitrogens with zero attached hydrogens (tertiary/aromatic N) is 2. The van der Waals surface area contributed by atoms with Crippen molar-refractivity contribution >= 4 is 23.1 Å². The Morgan fingerprint density at radius 2 is 2.30 bits per heavy atom. The number of amides is 1. The summed E-state index contributed by atoms with van der Waals surface area (Å²) in [7, 11) is 0. The number of nitrogens with two attached hydrogens (primary N) is 1. The number of hydrogen-bond acceptors (Lipinski definition) is 5. The van der Waals surface area contributed by atoms with E-state index in [4.69, 9.17) is 5.73 Å². The predicted octanol–water partition coefficient (Wildman–Crippen LogP) is 2.56. The lowest BCUT2D eigenvalue weighted by Crippen LogP contribution is -2.26. The van der Waals surface area contributed by atoms with Crippen LogP contribution in [0.25, 0.3) is 10.7 Å². The maximum absolute atomic E-state index is 12.0. The summed E-state index contributed by atoms with van der Waals surface area (Å²) in [6.45, 7) is 4.85. The molecule has 0 unspecified atom stereocenters. The predicted molar refractivity (Wildman–Crippen MR) is 81.5 cm³/mol. The van der Waals surface area contributed by atoms with Crippen LogP contribution in [0.3, 0.4) is 0 Å². The van der Waals surface area contributed by atoms with Crippen molar-refractivity contribution in [2.75, 3.05) is 12.3 Å². The Kier molecular flexibility index (Phi) is 4.68. The first-order valence-corrected chi connectivity index (χ1v) is 7.40. The quantitative estimate of drug-likeness (QED) is 0.886. The zero-order valence-corrected chi connectivity index (χ0v) is 12.4. The number of thiophene rings is 1. The van der Waals surface area contributed by atoms with Gasteiger partial charge in [-0.1, -0.05) is 19.9 Å². The fourth-order valence-electron chi connectivity index (χ4n) is 1.66. The Morgan fingerprint density at radius 3 is 2.90 bits per heavy atom. The third kappa shape index (κ3) is 3.54. The summed E-state index contributed by atoms with van der Waals surface area (Å²) in [5.41, 5.74) is 6.18. The zero-order chi connectivity index (χ0) is 14.5. The second-order valence-corrected chi connectivity index (χ2v) is 5.86. The number of carbonyl (C=O) groups is 1. The Balaban J connectivity index is 2.08. The van der Waals surface area contributed by atoms with E-state index in [0.29, 0.717) is 23.9 Å². The van der Waals surface area contributed by atoms with Crippen LogP contribution in [0.5, 0.6) is 0 Å². The first-order valence-electron chi connectivity index (χ1n) is 6.52. The number of nitrogens with one attached hydrogen (secondary N) is 1. The van der Waals surface area contributed by atoms with Crippen LogP contribution in [0.4, 0.5) is 5.82 Å². The van der Waals surface area contributed by atoms with E-state index in [9.17, 15) is 4.79 Å². The van der Waals surface area contributed by atoms with Crippen LogP contribution in [0.15, 0.2) is 23.7 Å². The van der Waals surface area contributed by atoms with E-state index >= 15 is 0 Å². The summed E-state index contributed by atoms with van der Waals surface area (Å²) in [6, 6.07) is 3.84. The summed E-state index contributed by atoms with van der Waals surface area (Å²) in [4.78, 5) is 21.3. The van der Waals surface area contributed by atoms with Gasteiger partial charge in [0.2, 0.25) is 0 Å². The topological polar surface area (TPSA) is 80.9 Å². The molecule has 0 aliphatic carbocycles. The van der Waals surface area contributed by atoms with Crippen molar-refractivity contribution in [3.8, 4) is 10.7 Å². The molecule has 0 saturated carbocycles. The molecule has 20 heavy (non-hydrogen) atoms. The summed E-state index contributed by atoms with van der Waals surface area (Å²) in [5, 5.41) is 4.77. The van der Waals surface area contributed by atoms with Gasteiger partial charge in [0, 0.05) is 12.7 Å². The van der Waals surface area contributed by atoms with Crippen LogP contribution >= 0.6 is 11.3 Å². The lowest BCUT2D eigenvalue weighted by molar-refractivity contribution is 0.0952. The largest absolute Gasteiger partial charge is 0.383 e. The molecule has 1 amide bonds. The molecule has 0 radical (unpaired) electrons. The van der Waals surface area contributed by atoms with E-state index < -0.39 is 0 Å². The SMILES string of the molecule is CC(C)CCNC(=O)c1cnc(-c2cccs2)nc1N. The highest BCUT2D eigenvalue weighted by Crippen LogP contribution is 2.22. The third-order valence-electron chi connectivity index (χ3n) is 2.81. The van der Waals surface area contributed by atoms with E-state index in [1.54, 1.807) is 0 Å². The highest BCUT2D eigenvalue weighted by molar-refractivity contribution is 7.13. The fourth-order valence-corrected chi connectivity index (χ4v) is 2.33. The van der Waals surface area contributed by atoms with E-state index in [-0.39, 0.29) is 11.7 Å². The van der Waals surface area contributed by atoms with Gasteiger partial charge in [0.15, 0.2) is 5.82 Å². The van der Waals surface area contributed by atoms with Gasteiger partial charge in [-0.2, -0.15) is 0 Å². The molecule has 0 aliphatic heterocycles. The molecule has 6 heteroatoms. The van der Waals surface area contributed by atoms with Gasteiger partial charge in [-0.25, -0.2) is 9.97 Å². The normalized spacial score (nSPS) is 10.8. The van der Waals surface area contributed by atoms with Crippen LogP contribution in [-0.2, 0) is 0 Å². The van der Waals surface area contributed by atoms with Crippen LogP contribution in [0.2, 0.25) is 0 Å². The smallest absolute Gasteiger partial charge is 0.256 e. The molecule has 2 aromatic rings. The molecule has 0 aliphatic rings. The highest BCUT2D eigenvalue weighted by Gasteiger charge is 2.13.